The van der Waals surface area contributed by atoms with Gasteiger partial charge in [0.2, 0.25) is 5.69 Å². The van der Waals surface area contributed by atoms with E-state index in [1.54, 1.807) is 0 Å². The summed E-state index contributed by atoms with van der Waals surface area (Å²) in [4.78, 5) is 9.53. The molecule has 156 valence electrons. The Bertz CT molecular complexity index is 1270. The highest BCUT2D eigenvalue weighted by Crippen LogP contribution is 2.33. The number of rotatable bonds is 3. The molecule has 0 spiro atoms. The molecule has 2 aromatic heterocycles. The van der Waals surface area contributed by atoms with Crippen LogP contribution in [-0.2, 0) is 7.05 Å². The lowest BCUT2D eigenvalue weighted by Crippen LogP contribution is -2.30. The van der Waals surface area contributed by atoms with Crippen molar-refractivity contribution in [3.8, 4) is 22.5 Å². The Kier molecular flexibility index (Phi) is 5.05. The van der Waals surface area contributed by atoms with E-state index in [4.69, 9.17) is 9.97 Å². The lowest BCUT2D eigenvalue weighted by Gasteiger charge is -2.11. The molecule has 2 aromatic carbocycles. The molecule has 1 aliphatic carbocycles. The van der Waals surface area contributed by atoms with Gasteiger partial charge in [0.05, 0.1) is 17.6 Å². The third-order valence-electron chi connectivity index (χ3n) is 6.92. The summed E-state index contributed by atoms with van der Waals surface area (Å²) in [6.07, 6.45) is 11.3. The maximum Gasteiger partial charge on any atom is 0.213 e. The first kappa shape index (κ1) is 19.9. The average molecular weight is 409 g/mol. The number of hydrogen-bond donors (Lipinski definition) is 0. The predicted octanol–water partition coefficient (Wildman–Crippen LogP) is 6.37. The minimum Gasteiger partial charge on any atom is -0.257 e. The largest absolute Gasteiger partial charge is 0.257 e. The van der Waals surface area contributed by atoms with Gasteiger partial charge >= 0.3 is 0 Å². The molecule has 0 amide bonds. The summed E-state index contributed by atoms with van der Waals surface area (Å²) in [6.45, 7) is 6.58. The lowest BCUT2D eigenvalue weighted by atomic mass is 9.96. The first-order chi connectivity index (χ1) is 15.0. The van der Waals surface area contributed by atoms with Crippen molar-refractivity contribution in [2.75, 3.05) is 0 Å². The quantitative estimate of drug-likeness (QED) is 0.369. The van der Waals surface area contributed by atoms with E-state index < -0.39 is 0 Å². The van der Waals surface area contributed by atoms with Gasteiger partial charge in [0, 0.05) is 34.7 Å². The van der Waals surface area contributed by atoms with Gasteiger partial charge in [-0.25, -0.2) is 4.57 Å². The maximum atomic E-state index is 4.77. The first-order valence-electron chi connectivity index (χ1n) is 11.3. The van der Waals surface area contributed by atoms with Gasteiger partial charge in [-0.1, -0.05) is 30.5 Å². The Hall–Kier alpha value is -3.07. The summed E-state index contributed by atoms with van der Waals surface area (Å²) in [6, 6.07) is 13.4. The highest BCUT2D eigenvalue weighted by molar-refractivity contribution is 5.88. The second-order valence-corrected chi connectivity index (χ2v) is 9.18. The van der Waals surface area contributed by atoms with Gasteiger partial charge in [0.1, 0.15) is 7.05 Å². The Balaban J connectivity index is 1.56. The minimum absolute atomic E-state index is 0.599. The molecule has 0 saturated heterocycles. The van der Waals surface area contributed by atoms with Crippen LogP contribution < -0.4 is 4.57 Å². The predicted molar refractivity (Wildman–Crippen MR) is 127 cm³/mol. The highest BCUT2D eigenvalue weighted by atomic mass is 14.9. The van der Waals surface area contributed by atoms with Crippen LogP contribution >= 0.6 is 0 Å². The van der Waals surface area contributed by atoms with Crippen molar-refractivity contribution in [1.82, 2.24) is 9.97 Å². The number of aromatic nitrogens is 3. The molecule has 3 heteroatoms. The van der Waals surface area contributed by atoms with Gasteiger partial charge in [-0.15, -0.1) is 0 Å². The van der Waals surface area contributed by atoms with E-state index in [0.29, 0.717) is 5.92 Å². The Morgan fingerprint density at radius 3 is 2.42 bits per heavy atom. The molecule has 31 heavy (non-hydrogen) atoms. The summed E-state index contributed by atoms with van der Waals surface area (Å²) in [5.41, 5.74) is 9.72. The third kappa shape index (κ3) is 3.74. The molecule has 0 aliphatic heterocycles. The van der Waals surface area contributed by atoms with Crippen LogP contribution in [0.15, 0.2) is 55.0 Å². The molecule has 1 fully saturated rings. The molecule has 2 heterocycles. The molecule has 1 aliphatic rings. The fourth-order valence-electron chi connectivity index (χ4n) is 5.00. The molecule has 5 rings (SSSR count). The van der Waals surface area contributed by atoms with Crippen molar-refractivity contribution < 1.29 is 4.57 Å². The number of pyridine rings is 1. The lowest BCUT2D eigenvalue weighted by molar-refractivity contribution is -0.659. The standard InChI is InChI=1S/C28H30N3/c1-18-11-19(2)20(3)25(12-18)28-14-24-13-22(9-10-23(24)17-31(28)4)27-16-29-26(15-30-27)21-7-5-6-8-21/h9-17,21H,5-8H2,1-4H3/q+1. The summed E-state index contributed by atoms with van der Waals surface area (Å²) < 4.78 is 2.24. The zero-order chi connectivity index (χ0) is 21.5. The molecule has 0 N–H and O–H groups in total. The van der Waals surface area contributed by atoms with Crippen LogP contribution in [0.2, 0.25) is 0 Å². The van der Waals surface area contributed by atoms with Crippen molar-refractivity contribution in [2.45, 2.75) is 52.4 Å². The van der Waals surface area contributed by atoms with Crippen LogP contribution in [0, 0.1) is 20.8 Å². The van der Waals surface area contributed by atoms with Crippen molar-refractivity contribution in [3.63, 3.8) is 0 Å². The topological polar surface area (TPSA) is 29.7 Å². The molecule has 0 atom stereocenters. The number of hydrogen-bond acceptors (Lipinski definition) is 2. The van der Waals surface area contributed by atoms with E-state index >= 15 is 0 Å². The average Bonchev–Trinajstić information content (AvgIpc) is 3.31. The number of fused-ring (bicyclic) bond motifs is 1. The molecule has 1 saturated carbocycles. The Labute approximate surface area is 184 Å². The van der Waals surface area contributed by atoms with Gasteiger partial charge in [-0.3, -0.25) is 9.97 Å². The van der Waals surface area contributed by atoms with Crippen molar-refractivity contribution in [3.05, 3.63) is 77.4 Å². The van der Waals surface area contributed by atoms with E-state index in [9.17, 15) is 0 Å². The summed E-state index contributed by atoms with van der Waals surface area (Å²) in [5.74, 6) is 0.599. The Morgan fingerprint density at radius 2 is 1.68 bits per heavy atom. The molecule has 0 unspecified atom stereocenters. The van der Waals surface area contributed by atoms with Gasteiger partial charge < -0.3 is 0 Å². The van der Waals surface area contributed by atoms with Crippen LogP contribution in [0.3, 0.4) is 0 Å². The van der Waals surface area contributed by atoms with Gasteiger partial charge in [0.25, 0.3) is 0 Å². The molecular weight excluding hydrogens is 378 g/mol. The smallest absolute Gasteiger partial charge is 0.213 e. The van der Waals surface area contributed by atoms with E-state index in [1.165, 1.54) is 64.4 Å². The number of benzene rings is 2. The Morgan fingerprint density at radius 1 is 0.871 bits per heavy atom. The molecule has 4 aromatic rings. The van der Waals surface area contributed by atoms with Gasteiger partial charge in [0.15, 0.2) is 6.20 Å². The fraction of sp³-hybridized carbons (Fsp3) is 0.321. The molecule has 3 nitrogen and oxygen atoms in total. The minimum atomic E-state index is 0.599. The molecule has 0 radical (unpaired) electrons. The second-order valence-electron chi connectivity index (χ2n) is 9.18. The van der Waals surface area contributed by atoms with E-state index in [0.717, 1.165) is 17.0 Å². The maximum absolute atomic E-state index is 4.77. The van der Waals surface area contributed by atoms with Gasteiger partial charge in [-0.2, -0.15) is 0 Å². The van der Waals surface area contributed by atoms with E-state index in [2.05, 4.69) is 75.0 Å². The van der Waals surface area contributed by atoms with Crippen LogP contribution in [0.25, 0.3) is 33.3 Å². The molecular formula is C28H30N3+. The van der Waals surface area contributed by atoms with Crippen LogP contribution in [0.5, 0.6) is 0 Å². The van der Waals surface area contributed by atoms with Crippen LogP contribution in [0.1, 0.15) is 54.0 Å². The monoisotopic (exact) mass is 408 g/mol. The first-order valence-corrected chi connectivity index (χ1v) is 11.3. The highest BCUT2D eigenvalue weighted by Gasteiger charge is 2.19. The van der Waals surface area contributed by atoms with Crippen LogP contribution in [0.4, 0.5) is 0 Å². The summed E-state index contributed by atoms with van der Waals surface area (Å²) in [5, 5.41) is 2.46. The van der Waals surface area contributed by atoms with E-state index in [1.807, 2.05) is 12.4 Å². The second kappa shape index (κ2) is 7.88. The van der Waals surface area contributed by atoms with Gasteiger partial charge in [-0.05, 0) is 68.3 Å². The van der Waals surface area contributed by atoms with E-state index in [-0.39, 0.29) is 0 Å². The summed E-state index contributed by atoms with van der Waals surface area (Å²) in [7, 11) is 2.13. The normalized spacial score (nSPS) is 14.5. The van der Waals surface area contributed by atoms with Crippen molar-refractivity contribution in [2.24, 2.45) is 7.05 Å². The molecule has 0 bridgehead atoms. The zero-order valence-electron chi connectivity index (χ0n) is 18.9. The SMILES string of the molecule is Cc1cc(C)c(C)c(-c2cc3cc(-c4cnc(C5CCCC5)cn4)ccc3c[n+]2C)c1. The fourth-order valence-corrected chi connectivity index (χ4v) is 5.00. The third-order valence-corrected chi connectivity index (χ3v) is 6.92. The summed E-state index contributed by atoms with van der Waals surface area (Å²) >= 11 is 0. The number of aryl methyl sites for hydroxylation is 3. The zero-order valence-corrected chi connectivity index (χ0v) is 18.9. The number of nitrogens with zero attached hydrogens (tertiary/aromatic N) is 3. The van der Waals surface area contributed by atoms with Crippen molar-refractivity contribution >= 4 is 10.8 Å². The van der Waals surface area contributed by atoms with Crippen molar-refractivity contribution in [1.29, 1.82) is 0 Å². The van der Waals surface area contributed by atoms with Crippen LogP contribution in [-0.4, -0.2) is 9.97 Å².